The molecule has 0 aliphatic rings. The van der Waals surface area contributed by atoms with Crippen LogP contribution in [0.5, 0.6) is 0 Å². The highest BCUT2D eigenvalue weighted by molar-refractivity contribution is 9.10. The number of nitrogens with two attached hydrogens (primary N) is 1. The molecule has 0 saturated heterocycles. The van der Waals surface area contributed by atoms with Crippen molar-refractivity contribution < 1.29 is 8.78 Å². The van der Waals surface area contributed by atoms with Crippen LogP contribution in [0.25, 0.3) is 0 Å². The SMILES string of the molecule is NC(Cc1ccccc1Cl)c1c(F)ccc(Br)c1F. The molecule has 0 spiro atoms. The lowest BCUT2D eigenvalue weighted by molar-refractivity contribution is 0.521. The van der Waals surface area contributed by atoms with E-state index in [4.69, 9.17) is 17.3 Å². The van der Waals surface area contributed by atoms with E-state index >= 15 is 0 Å². The molecule has 0 amide bonds. The van der Waals surface area contributed by atoms with Gasteiger partial charge in [0.25, 0.3) is 0 Å². The summed E-state index contributed by atoms with van der Waals surface area (Å²) in [6.45, 7) is 0. The van der Waals surface area contributed by atoms with Gasteiger partial charge < -0.3 is 5.73 Å². The van der Waals surface area contributed by atoms with Crippen molar-refractivity contribution in [3.63, 3.8) is 0 Å². The van der Waals surface area contributed by atoms with Gasteiger partial charge in [-0.3, -0.25) is 0 Å². The van der Waals surface area contributed by atoms with E-state index < -0.39 is 17.7 Å². The smallest absolute Gasteiger partial charge is 0.145 e. The van der Waals surface area contributed by atoms with Crippen molar-refractivity contribution >= 4 is 27.5 Å². The molecule has 2 N–H and O–H groups in total. The van der Waals surface area contributed by atoms with Crippen molar-refractivity contribution in [2.75, 3.05) is 0 Å². The first kappa shape index (κ1) is 14.4. The molecule has 2 aromatic rings. The van der Waals surface area contributed by atoms with Crippen LogP contribution in [-0.2, 0) is 6.42 Å². The first-order valence-electron chi connectivity index (χ1n) is 5.63. The molecule has 2 rings (SSSR count). The van der Waals surface area contributed by atoms with Gasteiger partial charge in [0.1, 0.15) is 11.6 Å². The van der Waals surface area contributed by atoms with Crippen LogP contribution in [0.1, 0.15) is 17.2 Å². The zero-order chi connectivity index (χ0) is 14.0. The molecular formula is C14H11BrClF2N. The molecule has 19 heavy (non-hydrogen) atoms. The van der Waals surface area contributed by atoms with Gasteiger partial charge in [0.15, 0.2) is 0 Å². The second kappa shape index (κ2) is 5.99. The normalized spacial score (nSPS) is 12.5. The third kappa shape index (κ3) is 3.14. The predicted molar refractivity (Wildman–Crippen MR) is 76.1 cm³/mol. The van der Waals surface area contributed by atoms with Crippen LogP contribution in [0.2, 0.25) is 5.02 Å². The maximum absolute atomic E-state index is 13.9. The molecule has 1 nitrogen and oxygen atoms in total. The summed E-state index contributed by atoms with van der Waals surface area (Å²) in [5, 5.41) is 0.536. The summed E-state index contributed by atoms with van der Waals surface area (Å²) in [6, 6.07) is 8.81. The van der Waals surface area contributed by atoms with Gasteiger partial charge in [-0.15, -0.1) is 0 Å². The molecule has 0 bridgehead atoms. The van der Waals surface area contributed by atoms with E-state index in [-0.39, 0.29) is 16.5 Å². The first-order chi connectivity index (χ1) is 9.00. The van der Waals surface area contributed by atoms with Gasteiger partial charge in [0, 0.05) is 16.6 Å². The summed E-state index contributed by atoms with van der Waals surface area (Å²) in [7, 11) is 0. The first-order valence-corrected chi connectivity index (χ1v) is 6.80. The average molecular weight is 347 g/mol. The number of hydrogen-bond acceptors (Lipinski definition) is 1. The summed E-state index contributed by atoms with van der Waals surface area (Å²) >= 11 is 9.04. The predicted octanol–water partition coefficient (Wildman–Crippen LogP) is 4.62. The third-order valence-corrected chi connectivity index (χ3v) is 3.83. The molecule has 5 heteroatoms. The Hall–Kier alpha value is -0.970. The molecule has 0 aliphatic heterocycles. The molecule has 0 aromatic heterocycles. The average Bonchev–Trinajstić information content (AvgIpc) is 2.37. The molecule has 1 unspecified atom stereocenters. The summed E-state index contributed by atoms with van der Waals surface area (Å²) < 4.78 is 27.8. The fourth-order valence-electron chi connectivity index (χ4n) is 1.89. The maximum Gasteiger partial charge on any atom is 0.145 e. The summed E-state index contributed by atoms with van der Waals surface area (Å²) in [6.07, 6.45) is 0.268. The second-order valence-corrected chi connectivity index (χ2v) is 5.42. The standard InChI is InChI=1S/C14H11BrClF2N/c15-9-5-6-11(17)13(14(9)18)12(19)7-8-3-1-2-4-10(8)16/h1-6,12H,7,19H2. The van der Waals surface area contributed by atoms with Crippen molar-refractivity contribution in [2.45, 2.75) is 12.5 Å². The van der Waals surface area contributed by atoms with Crippen molar-refractivity contribution in [3.8, 4) is 0 Å². The van der Waals surface area contributed by atoms with Crippen LogP contribution in [0, 0.1) is 11.6 Å². The minimum Gasteiger partial charge on any atom is -0.323 e. The number of halogens is 4. The van der Waals surface area contributed by atoms with E-state index in [1.54, 1.807) is 18.2 Å². The van der Waals surface area contributed by atoms with E-state index in [2.05, 4.69) is 15.9 Å². The molecule has 0 radical (unpaired) electrons. The Morgan fingerprint density at radius 2 is 1.84 bits per heavy atom. The summed E-state index contributed by atoms with van der Waals surface area (Å²) in [5.74, 6) is -1.32. The molecule has 100 valence electrons. The molecule has 2 aromatic carbocycles. The van der Waals surface area contributed by atoms with Crippen LogP contribution in [0.4, 0.5) is 8.78 Å². The Morgan fingerprint density at radius 3 is 2.53 bits per heavy atom. The van der Waals surface area contributed by atoms with E-state index in [0.29, 0.717) is 5.02 Å². The third-order valence-electron chi connectivity index (χ3n) is 2.85. The molecular weight excluding hydrogens is 336 g/mol. The Bertz CT molecular complexity index is 604. The number of hydrogen-bond donors (Lipinski definition) is 1. The fraction of sp³-hybridized carbons (Fsp3) is 0.143. The van der Waals surface area contributed by atoms with Gasteiger partial charge >= 0.3 is 0 Å². The molecule has 0 aliphatic carbocycles. The lowest BCUT2D eigenvalue weighted by atomic mass is 9.99. The zero-order valence-electron chi connectivity index (χ0n) is 9.84. The van der Waals surface area contributed by atoms with Gasteiger partial charge in [-0.1, -0.05) is 29.8 Å². The number of rotatable bonds is 3. The fourth-order valence-corrected chi connectivity index (χ4v) is 2.44. The minimum absolute atomic E-state index is 0.130. The maximum atomic E-state index is 13.9. The Labute approximate surface area is 123 Å². The Morgan fingerprint density at radius 1 is 1.16 bits per heavy atom. The van der Waals surface area contributed by atoms with E-state index in [1.807, 2.05) is 6.07 Å². The summed E-state index contributed by atoms with van der Waals surface area (Å²) in [5.41, 5.74) is 6.54. The molecule has 0 saturated carbocycles. The van der Waals surface area contributed by atoms with E-state index in [1.165, 1.54) is 12.1 Å². The van der Waals surface area contributed by atoms with Gasteiger partial charge in [0.2, 0.25) is 0 Å². The zero-order valence-corrected chi connectivity index (χ0v) is 12.2. The van der Waals surface area contributed by atoms with Gasteiger partial charge in [0.05, 0.1) is 4.47 Å². The van der Waals surface area contributed by atoms with E-state index in [9.17, 15) is 8.78 Å². The number of benzene rings is 2. The highest BCUT2D eigenvalue weighted by atomic mass is 79.9. The highest BCUT2D eigenvalue weighted by Gasteiger charge is 2.20. The summed E-state index contributed by atoms with van der Waals surface area (Å²) in [4.78, 5) is 0. The Kier molecular flexibility index (Phi) is 4.55. The van der Waals surface area contributed by atoms with Crippen LogP contribution in [-0.4, -0.2) is 0 Å². The van der Waals surface area contributed by atoms with E-state index in [0.717, 1.165) is 5.56 Å². The lowest BCUT2D eigenvalue weighted by Crippen LogP contribution is -2.17. The van der Waals surface area contributed by atoms with Crippen LogP contribution in [0.15, 0.2) is 40.9 Å². The van der Waals surface area contributed by atoms with Gasteiger partial charge in [-0.05, 0) is 46.1 Å². The highest BCUT2D eigenvalue weighted by Crippen LogP contribution is 2.29. The van der Waals surface area contributed by atoms with Crippen LogP contribution < -0.4 is 5.73 Å². The molecule has 0 fully saturated rings. The van der Waals surface area contributed by atoms with Crippen molar-refractivity contribution in [3.05, 3.63) is 68.7 Å². The van der Waals surface area contributed by atoms with Crippen molar-refractivity contribution in [1.82, 2.24) is 0 Å². The lowest BCUT2D eigenvalue weighted by Gasteiger charge is -2.15. The van der Waals surface area contributed by atoms with Crippen molar-refractivity contribution in [1.29, 1.82) is 0 Å². The Balaban J connectivity index is 2.33. The topological polar surface area (TPSA) is 26.0 Å². The minimum atomic E-state index is -0.794. The monoisotopic (exact) mass is 345 g/mol. The van der Waals surface area contributed by atoms with Gasteiger partial charge in [-0.2, -0.15) is 0 Å². The van der Waals surface area contributed by atoms with Crippen molar-refractivity contribution in [2.24, 2.45) is 5.73 Å². The largest absolute Gasteiger partial charge is 0.323 e. The van der Waals surface area contributed by atoms with Crippen LogP contribution >= 0.6 is 27.5 Å². The molecule has 0 heterocycles. The van der Waals surface area contributed by atoms with Gasteiger partial charge in [-0.25, -0.2) is 8.78 Å². The van der Waals surface area contributed by atoms with Crippen LogP contribution in [0.3, 0.4) is 0 Å². The molecule has 1 atom stereocenters. The quantitative estimate of drug-likeness (QED) is 0.806. The second-order valence-electron chi connectivity index (χ2n) is 4.16.